The predicted molar refractivity (Wildman–Crippen MR) is 107 cm³/mol. The molecular formula is C20H43N2O6+. The molecule has 8 heteroatoms. The minimum absolute atomic E-state index is 0.0340. The van der Waals surface area contributed by atoms with Crippen LogP contribution in [0.15, 0.2) is 0 Å². The molecule has 0 amide bonds. The highest BCUT2D eigenvalue weighted by atomic mass is 16.5. The van der Waals surface area contributed by atoms with Crippen LogP contribution in [-0.4, -0.2) is 106 Å². The molecule has 0 aromatic heterocycles. The maximum atomic E-state index is 11.2. The number of hydrogen-bond acceptors (Lipinski definition) is 6. The van der Waals surface area contributed by atoms with Crippen LogP contribution in [0.3, 0.4) is 0 Å². The number of hydrogen-bond donors (Lipinski definition) is 1. The van der Waals surface area contributed by atoms with Crippen molar-refractivity contribution in [2.75, 3.05) is 55.4 Å². The average molecular weight is 408 g/mol. The maximum Gasteiger partial charge on any atom is 0.308 e. The van der Waals surface area contributed by atoms with E-state index in [4.69, 9.17) is 9.47 Å². The first-order valence-corrected chi connectivity index (χ1v) is 9.75. The summed E-state index contributed by atoms with van der Waals surface area (Å²) in [5.41, 5.74) is 0. The SMILES string of the molecule is CC(C)OC(=O)CC(O)C[N+](C)(C)C.CC(C)OC(CC(=O)[O-])C[N+](C)(C)C. The predicted octanol–water partition coefficient (Wildman–Crippen LogP) is 0.0214. The van der Waals surface area contributed by atoms with Gasteiger partial charge in [0.25, 0.3) is 0 Å². The van der Waals surface area contributed by atoms with E-state index < -0.39 is 12.1 Å². The number of ether oxygens (including phenoxy) is 2. The van der Waals surface area contributed by atoms with Gasteiger partial charge < -0.3 is 33.4 Å². The van der Waals surface area contributed by atoms with E-state index in [1.54, 1.807) is 13.8 Å². The molecule has 1 N–H and O–H groups in total. The van der Waals surface area contributed by atoms with Gasteiger partial charge in [0, 0.05) is 12.4 Å². The lowest BCUT2D eigenvalue weighted by atomic mass is 10.2. The highest BCUT2D eigenvalue weighted by molar-refractivity contribution is 5.70. The fraction of sp³-hybridized carbons (Fsp3) is 0.900. The van der Waals surface area contributed by atoms with Crippen molar-refractivity contribution in [2.45, 2.75) is 65.0 Å². The first kappa shape index (κ1) is 29.0. The van der Waals surface area contributed by atoms with Gasteiger partial charge in [-0.15, -0.1) is 0 Å². The first-order chi connectivity index (χ1) is 12.4. The van der Waals surface area contributed by atoms with Gasteiger partial charge in [0.1, 0.15) is 25.3 Å². The Labute approximate surface area is 171 Å². The van der Waals surface area contributed by atoms with Crippen molar-refractivity contribution in [3.05, 3.63) is 0 Å². The molecule has 0 aliphatic carbocycles. The van der Waals surface area contributed by atoms with Gasteiger partial charge in [0.05, 0.1) is 60.9 Å². The molecule has 0 aliphatic heterocycles. The third-order valence-electron chi connectivity index (χ3n) is 3.14. The minimum Gasteiger partial charge on any atom is -0.550 e. The summed E-state index contributed by atoms with van der Waals surface area (Å²) in [6.07, 6.45) is -0.910. The Morgan fingerprint density at radius 2 is 1.32 bits per heavy atom. The van der Waals surface area contributed by atoms with Crippen LogP contribution in [-0.2, 0) is 19.1 Å². The standard InChI is InChI=1S/C10H21NO3.C10H22NO3/c1-8(2)14-9(6-10(12)13)7-11(3,4)5;1-8(2)14-10(13)6-9(12)7-11(3,4)5/h8-9H,6-7H2,1-5H3;8-9,12H,6-7H2,1-5H3/q;+1. The molecule has 0 saturated carbocycles. The van der Waals surface area contributed by atoms with Crippen LogP contribution in [0.25, 0.3) is 0 Å². The summed E-state index contributed by atoms with van der Waals surface area (Å²) < 4.78 is 11.8. The van der Waals surface area contributed by atoms with E-state index in [1.807, 2.05) is 56.1 Å². The van der Waals surface area contributed by atoms with E-state index in [0.717, 1.165) is 0 Å². The van der Waals surface area contributed by atoms with Crippen molar-refractivity contribution in [3.8, 4) is 0 Å². The zero-order valence-corrected chi connectivity index (χ0v) is 19.5. The molecule has 0 aromatic rings. The molecule has 2 unspecified atom stereocenters. The molecule has 168 valence electrons. The van der Waals surface area contributed by atoms with Gasteiger partial charge in [0.15, 0.2) is 0 Å². The van der Waals surface area contributed by atoms with Gasteiger partial charge in [-0.1, -0.05) is 0 Å². The molecule has 0 radical (unpaired) electrons. The molecule has 2 atom stereocenters. The van der Waals surface area contributed by atoms with Gasteiger partial charge in [-0.25, -0.2) is 0 Å². The lowest BCUT2D eigenvalue weighted by Gasteiger charge is -2.30. The smallest absolute Gasteiger partial charge is 0.308 e. The summed E-state index contributed by atoms with van der Waals surface area (Å²) >= 11 is 0. The van der Waals surface area contributed by atoms with Crippen molar-refractivity contribution in [1.82, 2.24) is 0 Å². The number of rotatable bonds is 11. The summed E-state index contributed by atoms with van der Waals surface area (Å²) in [5, 5.41) is 20.0. The Balaban J connectivity index is 0. The Morgan fingerprint density at radius 3 is 1.64 bits per heavy atom. The zero-order chi connectivity index (χ0) is 22.7. The fourth-order valence-corrected chi connectivity index (χ4v) is 2.54. The number of likely N-dealkylation sites (N-methyl/N-ethyl adjacent to an activating group) is 2. The summed E-state index contributed by atoms with van der Waals surface area (Å²) in [6.45, 7) is 8.61. The zero-order valence-electron chi connectivity index (χ0n) is 19.5. The number of aliphatic hydroxyl groups is 1. The fourth-order valence-electron chi connectivity index (χ4n) is 2.54. The monoisotopic (exact) mass is 407 g/mol. The number of nitrogens with zero attached hydrogens (tertiary/aromatic N) is 2. The lowest BCUT2D eigenvalue weighted by Crippen LogP contribution is -2.45. The highest BCUT2D eigenvalue weighted by Gasteiger charge is 2.20. The molecule has 0 heterocycles. The number of aliphatic carboxylic acids is 1. The normalized spacial score (nSPS) is 14.3. The number of carboxylic acid groups (broad SMARTS) is 1. The minimum atomic E-state index is -1.05. The van der Waals surface area contributed by atoms with E-state index in [1.165, 1.54) is 0 Å². The van der Waals surface area contributed by atoms with Crippen molar-refractivity contribution >= 4 is 11.9 Å². The van der Waals surface area contributed by atoms with Gasteiger partial charge in [-0.05, 0) is 27.7 Å². The van der Waals surface area contributed by atoms with E-state index >= 15 is 0 Å². The van der Waals surface area contributed by atoms with Gasteiger partial charge in [0.2, 0.25) is 0 Å². The molecule has 0 aliphatic rings. The van der Waals surface area contributed by atoms with Crippen molar-refractivity contribution in [1.29, 1.82) is 0 Å². The van der Waals surface area contributed by atoms with Crippen LogP contribution in [0.1, 0.15) is 40.5 Å². The number of carbonyl (C=O) groups excluding carboxylic acids is 2. The molecule has 0 bridgehead atoms. The van der Waals surface area contributed by atoms with Gasteiger partial charge >= 0.3 is 5.97 Å². The van der Waals surface area contributed by atoms with E-state index in [9.17, 15) is 19.8 Å². The molecule has 28 heavy (non-hydrogen) atoms. The van der Waals surface area contributed by atoms with E-state index in [0.29, 0.717) is 22.1 Å². The summed E-state index contributed by atoms with van der Waals surface area (Å²) in [4.78, 5) is 21.6. The van der Waals surface area contributed by atoms with Gasteiger partial charge in [-0.2, -0.15) is 0 Å². The Morgan fingerprint density at radius 1 is 0.857 bits per heavy atom. The van der Waals surface area contributed by atoms with Gasteiger partial charge in [-0.3, -0.25) is 4.79 Å². The topological polar surface area (TPSA) is 95.9 Å². The van der Waals surface area contributed by atoms with E-state index in [-0.39, 0.29) is 37.1 Å². The number of carbonyl (C=O) groups is 2. The molecule has 0 rings (SSSR count). The largest absolute Gasteiger partial charge is 0.550 e. The molecule has 0 spiro atoms. The molecule has 0 aromatic carbocycles. The number of carboxylic acids is 1. The third-order valence-corrected chi connectivity index (χ3v) is 3.14. The van der Waals surface area contributed by atoms with Crippen LogP contribution in [0.4, 0.5) is 0 Å². The lowest BCUT2D eigenvalue weighted by molar-refractivity contribution is -0.873. The quantitative estimate of drug-likeness (QED) is 0.383. The second kappa shape index (κ2) is 13.1. The third kappa shape index (κ3) is 22.8. The van der Waals surface area contributed by atoms with Crippen molar-refractivity contribution < 1.29 is 38.2 Å². The van der Waals surface area contributed by atoms with Crippen molar-refractivity contribution in [3.63, 3.8) is 0 Å². The summed E-state index contributed by atoms with van der Waals surface area (Å²) in [6, 6.07) is 0. The molecular weight excluding hydrogens is 364 g/mol. The second-order valence-corrected chi connectivity index (χ2v) is 9.73. The van der Waals surface area contributed by atoms with Crippen LogP contribution < -0.4 is 5.11 Å². The van der Waals surface area contributed by atoms with E-state index in [2.05, 4.69) is 0 Å². The molecule has 0 saturated heterocycles. The first-order valence-electron chi connectivity index (χ1n) is 9.75. The maximum absolute atomic E-state index is 11.2. The van der Waals surface area contributed by atoms with Crippen LogP contribution >= 0.6 is 0 Å². The highest BCUT2D eigenvalue weighted by Crippen LogP contribution is 2.07. The van der Waals surface area contributed by atoms with Crippen LogP contribution in [0.2, 0.25) is 0 Å². The number of aliphatic hydroxyl groups excluding tert-OH is 1. The summed E-state index contributed by atoms with van der Waals surface area (Å²) in [5.74, 6) is -1.38. The van der Waals surface area contributed by atoms with Crippen LogP contribution in [0, 0.1) is 0 Å². The molecule has 0 fully saturated rings. The molecule has 8 nitrogen and oxygen atoms in total. The van der Waals surface area contributed by atoms with Crippen molar-refractivity contribution in [2.24, 2.45) is 0 Å². The second-order valence-electron chi connectivity index (χ2n) is 9.73. The Hall–Kier alpha value is -1.22. The van der Waals surface area contributed by atoms with Crippen LogP contribution in [0.5, 0.6) is 0 Å². The average Bonchev–Trinajstić information content (AvgIpc) is 2.30. The number of esters is 1. The summed E-state index contributed by atoms with van der Waals surface area (Å²) in [7, 11) is 11.9. The Bertz CT molecular complexity index is 453. The Kier molecular flexibility index (Phi) is 13.5. The number of quaternary nitrogens is 2.